The molecule has 1 unspecified atom stereocenters. The highest BCUT2D eigenvalue weighted by atomic mass is 32.1. The van der Waals surface area contributed by atoms with Gasteiger partial charge in [0.15, 0.2) is 0 Å². The summed E-state index contributed by atoms with van der Waals surface area (Å²) in [6.45, 7) is 2.38. The molecule has 0 amide bonds. The summed E-state index contributed by atoms with van der Waals surface area (Å²) in [4.78, 5) is 19.0. The minimum atomic E-state index is -1.11. The van der Waals surface area contributed by atoms with Gasteiger partial charge in [-0.2, -0.15) is 0 Å². The van der Waals surface area contributed by atoms with Crippen molar-refractivity contribution in [3.05, 3.63) is 58.4 Å². The fourth-order valence-electron chi connectivity index (χ4n) is 4.97. The highest BCUT2D eigenvalue weighted by molar-refractivity contribution is 7.10. The molecule has 0 radical (unpaired) electrons. The van der Waals surface area contributed by atoms with Crippen molar-refractivity contribution in [2.24, 2.45) is 11.8 Å². The lowest BCUT2D eigenvalue weighted by molar-refractivity contribution is -0.137. The van der Waals surface area contributed by atoms with Gasteiger partial charge in [-0.1, -0.05) is 17.9 Å². The molecule has 1 N–H and O–H groups in total. The first kappa shape index (κ1) is 25.2. The number of likely N-dealkylation sites (tertiary alicyclic amines) is 1. The fraction of sp³-hybridized carbons (Fsp3) is 0.429. The Labute approximate surface area is 209 Å². The molecule has 3 aromatic rings. The molecule has 3 heterocycles. The molecule has 0 saturated carbocycles. The van der Waals surface area contributed by atoms with Crippen LogP contribution >= 0.6 is 11.3 Å². The van der Waals surface area contributed by atoms with E-state index >= 15 is 4.39 Å². The van der Waals surface area contributed by atoms with Crippen LogP contribution in [0.1, 0.15) is 48.7 Å². The molecule has 1 aliphatic rings. The van der Waals surface area contributed by atoms with Gasteiger partial charge in [0.05, 0.1) is 24.0 Å². The van der Waals surface area contributed by atoms with Gasteiger partial charge >= 0.3 is 5.97 Å². The summed E-state index contributed by atoms with van der Waals surface area (Å²) < 4.78 is 20.8. The minimum Gasteiger partial charge on any atom is -0.497 e. The number of pyridine rings is 1. The largest absolute Gasteiger partial charge is 0.497 e. The number of methoxy groups -OCH3 is 1. The quantitative estimate of drug-likeness (QED) is 0.373. The van der Waals surface area contributed by atoms with E-state index in [2.05, 4.69) is 21.7 Å². The Kier molecular flexibility index (Phi) is 8.73. The molecule has 1 fully saturated rings. The Morgan fingerprint density at radius 1 is 1.31 bits per heavy atom. The lowest BCUT2D eigenvalue weighted by Crippen LogP contribution is -2.41. The van der Waals surface area contributed by atoms with E-state index in [4.69, 9.17) is 4.74 Å². The second-order valence-electron chi connectivity index (χ2n) is 9.08. The maximum absolute atomic E-state index is 15.5. The number of carbonyl (C=O) groups is 1. The number of rotatable bonds is 9. The van der Waals surface area contributed by atoms with E-state index in [1.165, 1.54) is 0 Å². The fourth-order valence-corrected chi connectivity index (χ4v) is 5.56. The molecule has 1 saturated heterocycles. The molecule has 5 nitrogen and oxygen atoms in total. The number of hydrogen-bond acceptors (Lipinski definition) is 5. The number of hydrogen-bond donors (Lipinski definition) is 1. The minimum absolute atomic E-state index is 0.143. The molecule has 184 valence electrons. The van der Waals surface area contributed by atoms with Crippen molar-refractivity contribution < 1.29 is 19.0 Å². The van der Waals surface area contributed by atoms with E-state index in [9.17, 15) is 9.90 Å². The maximum atomic E-state index is 15.5. The topological polar surface area (TPSA) is 62.7 Å². The molecule has 0 spiro atoms. The summed E-state index contributed by atoms with van der Waals surface area (Å²) in [6, 6.07) is 11.3. The van der Waals surface area contributed by atoms with Gasteiger partial charge in [-0.25, -0.2) is 4.39 Å². The number of benzene rings is 1. The Hall–Kier alpha value is -2.95. The zero-order chi connectivity index (χ0) is 24.6. The summed E-state index contributed by atoms with van der Waals surface area (Å²) >= 11 is 1.63. The predicted molar refractivity (Wildman–Crippen MR) is 137 cm³/mol. The number of piperidine rings is 1. The van der Waals surface area contributed by atoms with Gasteiger partial charge < -0.3 is 9.84 Å². The predicted octanol–water partition coefficient (Wildman–Crippen LogP) is 5.95. The van der Waals surface area contributed by atoms with E-state index in [1.807, 2.05) is 35.7 Å². The van der Waals surface area contributed by atoms with Crippen LogP contribution in [-0.2, 0) is 4.79 Å². The maximum Gasteiger partial charge on any atom is 0.303 e. The zero-order valence-electron chi connectivity index (χ0n) is 20.0. The van der Waals surface area contributed by atoms with Crippen LogP contribution < -0.4 is 4.74 Å². The third-order valence-corrected chi connectivity index (χ3v) is 7.64. The van der Waals surface area contributed by atoms with E-state index in [0.29, 0.717) is 36.6 Å². The normalized spacial score (nSPS) is 19.1. The van der Waals surface area contributed by atoms with E-state index in [0.717, 1.165) is 41.7 Å². The summed E-state index contributed by atoms with van der Waals surface area (Å²) in [6.07, 6.45) is 3.37. The highest BCUT2D eigenvalue weighted by Crippen LogP contribution is 2.36. The first-order valence-corrected chi connectivity index (χ1v) is 12.9. The van der Waals surface area contributed by atoms with Crippen molar-refractivity contribution in [2.45, 2.75) is 38.3 Å². The number of carboxylic acid groups (broad SMARTS) is 1. The van der Waals surface area contributed by atoms with E-state index in [1.54, 1.807) is 30.7 Å². The second-order valence-corrected chi connectivity index (χ2v) is 10.0. The summed E-state index contributed by atoms with van der Waals surface area (Å²) in [5.74, 6) is 6.88. The number of ether oxygens (including phenoxy) is 1. The molecular weight excluding hydrogens is 463 g/mol. The summed E-state index contributed by atoms with van der Waals surface area (Å²) in [5, 5.41) is 12.0. The van der Waals surface area contributed by atoms with E-state index < -0.39 is 12.1 Å². The van der Waals surface area contributed by atoms with Crippen LogP contribution in [0.25, 0.3) is 10.9 Å². The van der Waals surface area contributed by atoms with Gasteiger partial charge in [0.1, 0.15) is 11.9 Å². The average molecular weight is 495 g/mol. The van der Waals surface area contributed by atoms with Gasteiger partial charge in [-0.15, -0.1) is 11.3 Å². The number of alkyl halides is 1. The number of carboxylic acids is 1. The number of nitrogens with zero attached hydrogens (tertiary/aromatic N) is 2. The lowest BCUT2D eigenvalue weighted by Gasteiger charge is -2.38. The molecule has 35 heavy (non-hydrogen) atoms. The molecule has 3 atom stereocenters. The van der Waals surface area contributed by atoms with Crippen LogP contribution in [0.3, 0.4) is 0 Å². The number of aliphatic carboxylic acids is 1. The molecule has 2 aromatic heterocycles. The monoisotopic (exact) mass is 494 g/mol. The first-order valence-electron chi connectivity index (χ1n) is 12.1. The summed E-state index contributed by atoms with van der Waals surface area (Å²) in [7, 11) is 1.60. The van der Waals surface area contributed by atoms with Crippen molar-refractivity contribution >= 4 is 28.2 Å². The molecule has 7 heteroatoms. The van der Waals surface area contributed by atoms with Crippen molar-refractivity contribution in [1.82, 2.24) is 9.88 Å². The van der Waals surface area contributed by atoms with Crippen molar-refractivity contribution in [3.63, 3.8) is 0 Å². The van der Waals surface area contributed by atoms with Crippen molar-refractivity contribution in [1.29, 1.82) is 0 Å². The third-order valence-electron chi connectivity index (χ3n) is 6.85. The number of aromatic nitrogens is 1. The van der Waals surface area contributed by atoms with Gasteiger partial charge in [-0.05, 0) is 85.3 Å². The number of thiophene rings is 1. The molecule has 1 aromatic carbocycles. The summed E-state index contributed by atoms with van der Waals surface area (Å²) in [5.41, 5.74) is 1.39. The number of fused-ring (bicyclic) bond motifs is 1. The van der Waals surface area contributed by atoms with Gasteiger partial charge in [-0.3, -0.25) is 14.7 Å². The van der Waals surface area contributed by atoms with Gasteiger partial charge in [0.2, 0.25) is 0 Å². The Balaban J connectivity index is 1.39. The van der Waals surface area contributed by atoms with Crippen LogP contribution in [0.4, 0.5) is 4.39 Å². The Bertz CT molecular complexity index is 1190. The molecular formula is C28H31FN2O3S. The lowest BCUT2D eigenvalue weighted by atomic mass is 9.79. The Morgan fingerprint density at radius 2 is 2.20 bits per heavy atom. The highest BCUT2D eigenvalue weighted by Gasteiger charge is 2.30. The second kappa shape index (κ2) is 12.1. The smallest absolute Gasteiger partial charge is 0.303 e. The molecule has 0 aliphatic carbocycles. The van der Waals surface area contributed by atoms with Crippen LogP contribution in [0.2, 0.25) is 0 Å². The van der Waals surface area contributed by atoms with Gasteiger partial charge in [0, 0.05) is 24.5 Å². The molecule has 0 bridgehead atoms. The van der Waals surface area contributed by atoms with Crippen molar-refractivity contribution in [3.8, 4) is 17.6 Å². The molecule has 4 rings (SSSR count). The van der Waals surface area contributed by atoms with Gasteiger partial charge in [0.25, 0.3) is 0 Å². The van der Waals surface area contributed by atoms with E-state index in [-0.39, 0.29) is 12.3 Å². The van der Waals surface area contributed by atoms with Crippen LogP contribution in [0.15, 0.2) is 48.0 Å². The van der Waals surface area contributed by atoms with Crippen molar-refractivity contribution in [2.75, 3.05) is 26.7 Å². The zero-order valence-corrected chi connectivity index (χ0v) is 20.8. The first-order chi connectivity index (χ1) is 17.0. The number of halogens is 1. The average Bonchev–Trinajstić information content (AvgIpc) is 3.39. The SMILES string of the molecule is COc1ccc2nccc(C(F)CC[C@@H]3CCN(CC#Cc4cccs4)C[C@@H]3CCC(=O)O)c2c1. The van der Waals surface area contributed by atoms with Crippen LogP contribution in [0.5, 0.6) is 5.75 Å². The standard InChI is InChI=1S/C28H31FN2O3S/c1-34-22-8-10-27-25(18-22)24(12-14-30-27)26(29)9-6-20-13-16-31(19-21(20)7-11-28(32)33)15-2-4-23-5-3-17-35-23/h3,5,8,10,12,14,17-18,20-21,26H,6-7,9,11,13,15-16,19H2,1H3,(H,32,33)/t20-,21+,26?/m1/s1. The Morgan fingerprint density at radius 3 is 2.97 bits per heavy atom. The third kappa shape index (κ3) is 6.81. The molecule has 1 aliphatic heterocycles. The van der Waals surface area contributed by atoms with Crippen LogP contribution in [-0.4, -0.2) is 47.7 Å². The van der Waals surface area contributed by atoms with Crippen LogP contribution in [0, 0.1) is 23.7 Å².